The maximum atomic E-state index is 13.9. The number of sulfonamides is 1. The van der Waals surface area contributed by atoms with Crippen LogP contribution in [0.15, 0.2) is 53.4 Å². The Morgan fingerprint density at radius 1 is 1.03 bits per heavy atom. The molecular weight excluding hydrogens is 426 g/mol. The average molecular weight is 458 g/mol. The van der Waals surface area contributed by atoms with E-state index < -0.39 is 10.0 Å². The van der Waals surface area contributed by atoms with Crippen molar-refractivity contribution in [1.29, 1.82) is 0 Å². The molecule has 0 unspecified atom stereocenters. The van der Waals surface area contributed by atoms with E-state index >= 15 is 0 Å². The van der Waals surface area contributed by atoms with E-state index in [0.717, 1.165) is 29.9 Å². The predicted molar refractivity (Wildman–Crippen MR) is 123 cm³/mol. The van der Waals surface area contributed by atoms with Crippen LogP contribution in [0.5, 0.6) is 0 Å². The van der Waals surface area contributed by atoms with Gasteiger partial charge in [-0.2, -0.15) is 9.37 Å². The van der Waals surface area contributed by atoms with Gasteiger partial charge in [0.1, 0.15) is 0 Å². The van der Waals surface area contributed by atoms with E-state index in [-0.39, 0.29) is 18.0 Å². The number of hydrogen-bond donors (Lipinski definition) is 0. The summed E-state index contributed by atoms with van der Waals surface area (Å²) < 4.78 is 35.0. The molecule has 8 heteroatoms. The lowest BCUT2D eigenvalue weighted by atomic mass is 9.87. The summed E-state index contributed by atoms with van der Waals surface area (Å²) in [5.74, 6) is 0.164. The first-order valence-electron chi connectivity index (χ1n) is 11.3. The highest BCUT2D eigenvalue weighted by Gasteiger charge is 2.47. The van der Waals surface area contributed by atoms with Gasteiger partial charge in [0.15, 0.2) is 0 Å². The quantitative estimate of drug-likeness (QED) is 0.704. The fourth-order valence-corrected chi connectivity index (χ4v) is 7.14. The van der Waals surface area contributed by atoms with Crippen molar-refractivity contribution in [3.63, 3.8) is 0 Å². The number of morpholine rings is 1. The van der Waals surface area contributed by atoms with Crippen molar-refractivity contribution < 1.29 is 18.0 Å². The highest BCUT2D eigenvalue weighted by Crippen LogP contribution is 2.42. The number of rotatable bonds is 4. The number of fused-ring (bicyclic) bond motifs is 1. The van der Waals surface area contributed by atoms with E-state index in [1.807, 2.05) is 37.2 Å². The Morgan fingerprint density at radius 3 is 2.59 bits per heavy atom. The van der Waals surface area contributed by atoms with Crippen molar-refractivity contribution in [3.8, 4) is 0 Å². The van der Waals surface area contributed by atoms with Crippen molar-refractivity contribution in [2.75, 3.05) is 51.4 Å². The predicted octanol–water partition coefficient (Wildman–Crippen LogP) is 2.83. The van der Waals surface area contributed by atoms with Crippen LogP contribution in [0, 0.1) is 12.8 Å². The highest BCUT2D eigenvalue weighted by atomic mass is 32.2. The second-order valence-corrected chi connectivity index (χ2v) is 10.8. The standard InChI is InChI=1S/C24H31N3O4S/c1-18-6-3-4-9-24(18)32(28,29)27-16-20-17-31-25(2)22(20)15-23(27)19-7-5-8-21(14-19)26-10-12-30-13-11-26/h3-9,14,20,22-23H,10-13,15-17H2,1-2H3/t20-,22-,23-/m0/s1. The zero-order chi connectivity index (χ0) is 22.3. The Labute approximate surface area is 190 Å². The Balaban J connectivity index is 1.54. The fraction of sp³-hybridized carbons (Fsp3) is 0.500. The second-order valence-electron chi connectivity index (χ2n) is 8.96. The Kier molecular flexibility index (Phi) is 5.98. The van der Waals surface area contributed by atoms with E-state index in [1.54, 1.807) is 16.4 Å². The molecule has 0 aliphatic carbocycles. The molecule has 2 aromatic carbocycles. The van der Waals surface area contributed by atoms with Gasteiger partial charge in [-0.1, -0.05) is 30.3 Å². The SMILES string of the molecule is Cc1ccccc1S(=O)(=O)N1C[C@H]2CON(C)[C@H]2C[C@H]1c1cccc(N2CCOCC2)c1. The van der Waals surface area contributed by atoms with Gasteiger partial charge in [0.2, 0.25) is 10.0 Å². The van der Waals surface area contributed by atoms with Crippen LogP contribution in [0.3, 0.4) is 0 Å². The molecule has 3 atom stereocenters. The number of anilines is 1. The van der Waals surface area contributed by atoms with E-state index in [9.17, 15) is 8.42 Å². The molecule has 5 rings (SSSR count). The molecule has 0 spiro atoms. The number of nitrogens with zero attached hydrogens (tertiary/aromatic N) is 3. The number of aryl methyl sites for hydroxylation is 1. The molecule has 0 amide bonds. The monoisotopic (exact) mass is 457 g/mol. The van der Waals surface area contributed by atoms with Crippen LogP contribution in [0.25, 0.3) is 0 Å². The van der Waals surface area contributed by atoms with E-state index in [4.69, 9.17) is 9.57 Å². The van der Waals surface area contributed by atoms with E-state index in [0.29, 0.717) is 37.7 Å². The molecular formula is C24H31N3O4S. The highest BCUT2D eigenvalue weighted by molar-refractivity contribution is 7.89. The molecule has 3 heterocycles. The maximum Gasteiger partial charge on any atom is 0.243 e. The molecule has 0 aromatic heterocycles. The van der Waals surface area contributed by atoms with Gasteiger partial charge < -0.3 is 9.64 Å². The third-order valence-corrected chi connectivity index (χ3v) is 9.08. The minimum absolute atomic E-state index is 0.164. The molecule has 3 aliphatic rings. The number of hydrogen-bond acceptors (Lipinski definition) is 6. The van der Waals surface area contributed by atoms with Crippen LogP contribution in [0.4, 0.5) is 5.69 Å². The van der Waals surface area contributed by atoms with Gasteiger partial charge in [0, 0.05) is 44.3 Å². The van der Waals surface area contributed by atoms with Crippen molar-refractivity contribution in [3.05, 3.63) is 59.7 Å². The third kappa shape index (κ3) is 3.95. The maximum absolute atomic E-state index is 13.9. The summed E-state index contributed by atoms with van der Waals surface area (Å²) in [6.45, 7) is 6.00. The first kappa shape index (κ1) is 21.9. The average Bonchev–Trinajstić information content (AvgIpc) is 3.19. The molecule has 0 bridgehead atoms. The van der Waals surface area contributed by atoms with Gasteiger partial charge in [-0.25, -0.2) is 8.42 Å². The first-order chi connectivity index (χ1) is 15.4. The minimum atomic E-state index is -3.66. The third-order valence-electron chi connectivity index (χ3n) is 7.04. The summed E-state index contributed by atoms with van der Waals surface area (Å²) in [4.78, 5) is 8.48. The summed E-state index contributed by atoms with van der Waals surface area (Å²) in [6, 6.07) is 15.6. The van der Waals surface area contributed by atoms with Crippen LogP contribution >= 0.6 is 0 Å². The molecule has 0 N–H and O–H groups in total. The lowest BCUT2D eigenvalue weighted by Gasteiger charge is -2.41. The number of benzene rings is 2. The van der Waals surface area contributed by atoms with Gasteiger partial charge in [0.05, 0.1) is 30.8 Å². The molecule has 3 saturated heterocycles. The van der Waals surface area contributed by atoms with E-state index in [1.165, 1.54) is 0 Å². The summed E-state index contributed by atoms with van der Waals surface area (Å²) in [6.07, 6.45) is 0.707. The van der Waals surface area contributed by atoms with Crippen molar-refractivity contribution in [2.45, 2.75) is 30.3 Å². The van der Waals surface area contributed by atoms with Crippen molar-refractivity contribution in [1.82, 2.24) is 9.37 Å². The van der Waals surface area contributed by atoms with Crippen molar-refractivity contribution >= 4 is 15.7 Å². The van der Waals surface area contributed by atoms with Gasteiger partial charge >= 0.3 is 0 Å². The molecule has 0 radical (unpaired) electrons. The topological polar surface area (TPSA) is 62.3 Å². The largest absolute Gasteiger partial charge is 0.378 e. The zero-order valence-corrected chi connectivity index (χ0v) is 19.5. The zero-order valence-electron chi connectivity index (χ0n) is 18.7. The summed E-state index contributed by atoms with van der Waals surface area (Å²) in [5.41, 5.74) is 2.93. The summed E-state index contributed by atoms with van der Waals surface area (Å²) in [7, 11) is -1.70. The fourth-order valence-electron chi connectivity index (χ4n) is 5.23. The smallest absolute Gasteiger partial charge is 0.243 e. The second kappa shape index (κ2) is 8.76. The van der Waals surface area contributed by atoms with Gasteiger partial charge in [-0.15, -0.1) is 0 Å². The molecule has 32 heavy (non-hydrogen) atoms. The molecule has 2 aromatic rings. The Morgan fingerprint density at radius 2 is 1.81 bits per heavy atom. The lowest BCUT2D eigenvalue weighted by Crippen LogP contribution is -2.49. The van der Waals surface area contributed by atoms with Gasteiger partial charge in [-0.3, -0.25) is 4.84 Å². The normalized spacial score (nSPS) is 27.4. The van der Waals surface area contributed by atoms with Gasteiger partial charge in [0.25, 0.3) is 0 Å². The van der Waals surface area contributed by atoms with Crippen LogP contribution in [0.1, 0.15) is 23.6 Å². The van der Waals surface area contributed by atoms with Crippen LogP contribution in [-0.2, 0) is 19.6 Å². The first-order valence-corrected chi connectivity index (χ1v) is 12.7. The van der Waals surface area contributed by atoms with Gasteiger partial charge in [-0.05, 0) is 42.7 Å². The molecule has 172 valence electrons. The number of piperidine rings is 1. The molecule has 3 fully saturated rings. The van der Waals surface area contributed by atoms with Crippen LogP contribution < -0.4 is 4.90 Å². The minimum Gasteiger partial charge on any atom is -0.378 e. The van der Waals surface area contributed by atoms with E-state index in [2.05, 4.69) is 23.1 Å². The van der Waals surface area contributed by atoms with Crippen LogP contribution in [0.2, 0.25) is 0 Å². The molecule has 7 nitrogen and oxygen atoms in total. The Bertz CT molecular complexity index is 1070. The summed E-state index contributed by atoms with van der Waals surface area (Å²) in [5, 5.41) is 1.92. The molecule has 0 saturated carbocycles. The lowest BCUT2D eigenvalue weighted by molar-refractivity contribution is -0.113. The summed E-state index contributed by atoms with van der Waals surface area (Å²) >= 11 is 0. The Hall–Kier alpha value is -1.97. The number of ether oxygens (including phenoxy) is 1. The van der Waals surface area contributed by atoms with Crippen LogP contribution in [-0.4, -0.2) is 70.3 Å². The van der Waals surface area contributed by atoms with Crippen molar-refractivity contribution in [2.24, 2.45) is 5.92 Å². The molecule has 3 aliphatic heterocycles. The number of hydroxylamine groups is 2.